The number of aryl methyl sites for hydroxylation is 1. The molecule has 186 valence electrons. The molecular weight excluding hydrogens is 474 g/mol. The molecule has 1 N–H and O–H groups in total. The molecule has 0 saturated carbocycles. The van der Waals surface area contributed by atoms with E-state index in [1.807, 2.05) is 52.0 Å². The van der Waals surface area contributed by atoms with Crippen LogP contribution in [0, 0.1) is 13.8 Å². The highest BCUT2D eigenvalue weighted by molar-refractivity contribution is 7.92. The number of hydrogen-bond acceptors (Lipinski definition) is 4. The van der Waals surface area contributed by atoms with Crippen molar-refractivity contribution in [2.24, 2.45) is 0 Å². The molecule has 0 unspecified atom stereocenters. The molecule has 1 atom stereocenters. The van der Waals surface area contributed by atoms with Crippen LogP contribution in [0.2, 0.25) is 5.02 Å². The number of nitrogens with one attached hydrogen (secondary N) is 1. The minimum atomic E-state index is -3.81. The molecule has 9 heteroatoms. The van der Waals surface area contributed by atoms with Crippen molar-refractivity contribution in [2.45, 2.75) is 59.7 Å². The van der Waals surface area contributed by atoms with Crippen molar-refractivity contribution in [2.75, 3.05) is 17.1 Å². The second-order valence-corrected chi connectivity index (χ2v) is 11.9. The SMILES string of the molecule is Cc1cccc(CN(C(=O)CN(c2cccc(Cl)c2C)S(C)(=O)=O)[C@H](C)C(=O)NC(C)(C)C)c1. The summed E-state index contributed by atoms with van der Waals surface area (Å²) in [6.45, 7) is 10.6. The van der Waals surface area contributed by atoms with Gasteiger partial charge in [0.1, 0.15) is 12.6 Å². The van der Waals surface area contributed by atoms with Crippen molar-refractivity contribution >= 4 is 39.1 Å². The van der Waals surface area contributed by atoms with Crippen LogP contribution in [0.4, 0.5) is 5.69 Å². The molecule has 0 bridgehead atoms. The molecular formula is C25H34ClN3O4S. The minimum absolute atomic E-state index is 0.158. The van der Waals surface area contributed by atoms with E-state index in [1.54, 1.807) is 32.0 Å². The highest BCUT2D eigenvalue weighted by Crippen LogP contribution is 2.28. The van der Waals surface area contributed by atoms with Gasteiger partial charge in [0.2, 0.25) is 21.8 Å². The Morgan fingerprint density at radius 2 is 1.71 bits per heavy atom. The zero-order valence-corrected chi connectivity index (χ0v) is 22.4. The van der Waals surface area contributed by atoms with Gasteiger partial charge in [0.25, 0.3) is 0 Å². The Bertz CT molecular complexity index is 1160. The van der Waals surface area contributed by atoms with Gasteiger partial charge in [-0.1, -0.05) is 47.5 Å². The first-order valence-corrected chi connectivity index (χ1v) is 13.2. The Morgan fingerprint density at radius 1 is 1.09 bits per heavy atom. The Morgan fingerprint density at radius 3 is 2.26 bits per heavy atom. The standard InChI is InChI=1S/C25H34ClN3O4S/c1-17-10-8-11-20(14-17)15-28(19(3)24(31)27-25(4,5)6)23(30)16-29(34(7,32)33)22-13-9-12-21(26)18(22)2/h8-14,19H,15-16H2,1-7H3,(H,27,31)/t19-/m1/s1. The molecule has 0 aliphatic carbocycles. The second kappa shape index (κ2) is 10.8. The fourth-order valence-electron chi connectivity index (χ4n) is 3.52. The minimum Gasteiger partial charge on any atom is -0.350 e. The van der Waals surface area contributed by atoms with Gasteiger partial charge in [-0.05, 0) is 64.8 Å². The second-order valence-electron chi connectivity index (χ2n) is 9.58. The van der Waals surface area contributed by atoms with Gasteiger partial charge in [0.05, 0.1) is 11.9 Å². The first kappa shape index (κ1) is 27.7. The van der Waals surface area contributed by atoms with Crippen molar-refractivity contribution in [3.63, 3.8) is 0 Å². The first-order valence-electron chi connectivity index (χ1n) is 11.0. The molecule has 34 heavy (non-hydrogen) atoms. The number of hydrogen-bond donors (Lipinski definition) is 1. The van der Waals surface area contributed by atoms with Crippen LogP contribution in [0.3, 0.4) is 0 Å². The van der Waals surface area contributed by atoms with E-state index in [1.165, 1.54) is 4.90 Å². The normalized spacial score (nSPS) is 12.7. The molecule has 2 rings (SSSR count). The zero-order chi connectivity index (χ0) is 25.8. The van der Waals surface area contributed by atoms with E-state index in [-0.39, 0.29) is 12.5 Å². The molecule has 0 spiro atoms. The van der Waals surface area contributed by atoms with E-state index >= 15 is 0 Å². The number of sulfonamides is 1. The van der Waals surface area contributed by atoms with Gasteiger partial charge in [0.15, 0.2) is 0 Å². The van der Waals surface area contributed by atoms with Crippen LogP contribution in [0.1, 0.15) is 44.4 Å². The Kier molecular flexibility index (Phi) is 8.77. The third-order valence-corrected chi connectivity index (χ3v) is 6.82. The molecule has 0 saturated heterocycles. The lowest BCUT2D eigenvalue weighted by Gasteiger charge is -2.33. The van der Waals surface area contributed by atoms with E-state index in [2.05, 4.69) is 5.32 Å². The number of anilines is 1. The summed E-state index contributed by atoms with van der Waals surface area (Å²) in [5.41, 5.74) is 2.24. The van der Waals surface area contributed by atoms with Gasteiger partial charge in [-0.15, -0.1) is 0 Å². The number of carbonyl (C=O) groups is 2. The van der Waals surface area contributed by atoms with E-state index in [0.717, 1.165) is 21.7 Å². The number of benzene rings is 2. The fourth-order valence-corrected chi connectivity index (χ4v) is 4.59. The van der Waals surface area contributed by atoms with Gasteiger partial charge in [-0.2, -0.15) is 0 Å². The summed E-state index contributed by atoms with van der Waals surface area (Å²) in [6, 6.07) is 11.7. The van der Waals surface area contributed by atoms with Crippen LogP contribution >= 0.6 is 11.6 Å². The van der Waals surface area contributed by atoms with Crippen LogP contribution in [0.5, 0.6) is 0 Å². The lowest BCUT2D eigenvalue weighted by Crippen LogP contribution is -2.54. The summed E-state index contributed by atoms with van der Waals surface area (Å²) in [5, 5.41) is 3.30. The lowest BCUT2D eigenvalue weighted by atomic mass is 10.1. The largest absolute Gasteiger partial charge is 0.350 e. The van der Waals surface area contributed by atoms with Crippen LogP contribution < -0.4 is 9.62 Å². The van der Waals surface area contributed by atoms with Crippen molar-refractivity contribution in [3.8, 4) is 0 Å². The Labute approximate surface area is 208 Å². The Hall–Kier alpha value is -2.58. The molecule has 0 radical (unpaired) electrons. The first-order chi connectivity index (χ1) is 15.6. The molecule has 2 aromatic rings. The number of halogens is 1. The van der Waals surface area contributed by atoms with Crippen LogP contribution in [0.15, 0.2) is 42.5 Å². The lowest BCUT2D eigenvalue weighted by molar-refractivity contribution is -0.140. The summed E-state index contributed by atoms with van der Waals surface area (Å²) < 4.78 is 26.4. The molecule has 0 heterocycles. The smallest absolute Gasteiger partial charge is 0.244 e. The quantitative estimate of drug-likeness (QED) is 0.583. The number of rotatable bonds is 8. The van der Waals surface area contributed by atoms with Crippen LogP contribution in [0.25, 0.3) is 0 Å². The average Bonchev–Trinajstić information content (AvgIpc) is 2.70. The molecule has 0 aliphatic heterocycles. The monoisotopic (exact) mass is 507 g/mol. The zero-order valence-electron chi connectivity index (χ0n) is 20.8. The van der Waals surface area contributed by atoms with Crippen molar-refractivity contribution in [1.82, 2.24) is 10.2 Å². The fraction of sp³-hybridized carbons (Fsp3) is 0.440. The predicted octanol–water partition coefficient (Wildman–Crippen LogP) is 4.05. The van der Waals surface area contributed by atoms with Gasteiger partial charge >= 0.3 is 0 Å². The van der Waals surface area contributed by atoms with Gasteiger partial charge in [-0.25, -0.2) is 8.42 Å². The summed E-state index contributed by atoms with van der Waals surface area (Å²) in [4.78, 5) is 27.9. The summed E-state index contributed by atoms with van der Waals surface area (Å²) in [5.74, 6) is -0.818. The number of nitrogens with zero attached hydrogens (tertiary/aromatic N) is 2. The molecule has 7 nitrogen and oxygen atoms in total. The molecule has 2 amide bonds. The molecule has 0 aliphatic rings. The summed E-state index contributed by atoms with van der Waals surface area (Å²) >= 11 is 6.21. The molecule has 0 aromatic heterocycles. The number of carbonyl (C=O) groups excluding carboxylic acids is 2. The summed E-state index contributed by atoms with van der Waals surface area (Å²) in [7, 11) is -3.81. The van der Waals surface area contributed by atoms with Gasteiger partial charge in [-0.3, -0.25) is 13.9 Å². The third-order valence-electron chi connectivity index (χ3n) is 5.29. The van der Waals surface area contributed by atoms with Gasteiger partial charge in [0, 0.05) is 17.1 Å². The van der Waals surface area contributed by atoms with Crippen molar-refractivity contribution in [3.05, 3.63) is 64.2 Å². The van der Waals surface area contributed by atoms with E-state index in [0.29, 0.717) is 16.3 Å². The van der Waals surface area contributed by atoms with E-state index in [9.17, 15) is 18.0 Å². The van der Waals surface area contributed by atoms with Crippen LogP contribution in [-0.4, -0.2) is 49.5 Å². The van der Waals surface area contributed by atoms with Crippen LogP contribution in [-0.2, 0) is 26.2 Å². The predicted molar refractivity (Wildman–Crippen MR) is 137 cm³/mol. The van der Waals surface area contributed by atoms with Gasteiger partial charge < -0.3 is 10.2 Å². The highest BCUT2D eigenvalue weighted by atomic mass is 35.5. The third kappa shape index (κ3) is 7.46. The summed E-state index contributed by atoms with van der Waals surface area (Å²) in [6.07, 6.45) is 1.04. The highest BCUT2D eigenvalue weighted by Gasteiger charge is 2.31. The van der Waals surface area contributed by atoms with Crippen molar-refractivity contribution in [1.29, 1.82) is 0 Å². The average molecular weight is 508 g/mol. The number of amides is 2. The maximum Gasteiger partial charge on any atom is 0.244 e. The molecule has 0 fully saturated rings. The maximum atomic E-state index is 13.6. The van der Waals surface area contributed by atoms with E-state index in [4.69, 9.17) is 11.6 Å². The Balaban J connectivity index is 2.45. The maximum absolute atomic E-state index is 13.6. The topological polar surface area (TPSA) is 86.8 Å². The van der Waals surface area contributed by atoms with Crippen molar-refractivity contribution < 1.29 is 18.0 Å². The van der Waals surface area contributed by atoms with E-state index < -0.39 is 34.1 Å². The molecule has 2 aromatic carbocycles.